The monoisotopic (exact) mass is 644 g/mol. The minimum Gasteiger partial charge on any atom is -0.436 e. The van der Waals surface area contributed by atoms with Gasteiger partial charge in [0.2, 0.25) is 5.89 Å². The summed E-state index contributed by atoms with van der Waals surface area (Å²) < 4.78 is 8.63. The van der Waals surface area contributed by atoms with Gasteiger partial charge in [0, 0.05) is 22.0 Å². The van der Waals surface area contributed by atoms with Crippen LogP contribution in [0.15, 0.2) is 168 Å². The van der Waals surface area contributed by atoms with Crippen LogP contribution < -0.4 is 0 Å². The van der Waals surface area contributed by atoms with Crippen molar-refractivity contribution in [3.05, 3.63) is 169 Å². The lowest BCUT2D eigenvalue weighted by molar-refractivity contribution is 0.584. The summed E-state index contributed by atoms with van der Waals surface area (Å²) in [6, 6.07) is 58.6. The summed E-state index contributed by atoms with van der Waals surface area (Å²) in [5.41, 5.74) is 14.6. The third-order valence-corrected chi connectivity index (χ3v) is 9.84. The van der Waals surface area contributed by atoms with Crippen molar-refractivity contribution in [2.24, 2.45) is 0 Å². The van der Waals surface area contributed by atoms with Gasteiger partial charge in [-0.25, -0.2) is 4.98 Å². The lowest BCUT2D eigenvalue weighted by Gasteiger charge is -2.18. The predicted molar refractivity (Wildman–Crippen MR) is 209 cm³/mol. The SMILES string of the molecule is CC(C)(C)c1ccc2nc(-c3ccc(-c4ccccc4-c4ccccc4-c4ccc5c(c4)c4ccccc4n5-c4ccccc4)cc3)oc2c1. The van der Waals surface area contributed by atoms with Gasteiger partial charge in [0.25, 0.3) is 0 Å². The van der Waals surface area contributed by atoms with Crippen LogP contribution >= 0.6 is 0 Å². The zero-order valence-electron chi connectivity index (χ0n) is 28.4. The Bertz CT molecular complexity index is 2670. The highest BCUT2D eigenvalue weighted by Crippen LogP contribution is 2.41. The molecule has 0 aliphatic rings. The maximum Gasteiger partial charge on any atom is 0.227 e. The molecule has 0 unspecified atom stereocenters. The first-order valence-corrected chi connectivity index (χ1v) is 17.2. The molecule has 0 saturated carbocycles. The van der Waals surface area contributed by atoms with Crippen LogP contribution in [0.3, 0.4) is 0 Å². The molecule has 0 spiro atoms. The average Bonchev–Trinajstić information content (AvgIpc) is 3.74. The summed E-state index contributed by atoms with van der Waals surface area (Å²) in [5, 5.41) is 2.49. The second kappa shape index (κ2) is 11.7. The van der Waals surface area contributed by atoms with Crippen molar-refractivity contribution in [2.75, 3.05) is 0 Å². The van der Waals surface area contributed by atoms with E-state index in [0.717, 1.165) is 27.9 Å². The van der Waals surface area contributed by atoms with Gasteiger partial charge in [-0.05, 0) is 99.0 Å². The summed E-state index contributed by atoms with van der Waals surface area (Å²) in [4.78, 5) is 4.81. The molecule has 2 aromatic heterocycles. The van der Waals surface area contributed by atoms with Crippen LogP contribution in [-0.4, -0.2) is 9.55 Å². The maximum absolute atomic E-state index is 6.26. The standard InChI is InChI=1S/C47H36N2O/c1-47(2,3)34-26-27-42-45(30-34)50-46(48-42)32-23-21-31(22-24-32)36-15-7-9-17-38(36)39-18-10-8-16-37(39)33-25-28-44-41(29-33)40-19-11-12-20-43(40)49(44)35-13-5-4-6-14-35/h4-30H,1-3H3. The van der Waals surface area contributed by atoms with Crippen molar-refractivity contribution in [1.82, 2.24) is 9.55 Å². The van der Waals surface area contributed by atoms with Gasteiger partial charge in [0.15, 0.2) is 5.58 Å². The van der Waals surface area contributed by atoms with Gasteiger partial charge < -0.3 is 8.98 Å². The van der Waals surface area contributed by atoms with Crippen molar-refractivity contribution in [1.29, 1.82) is 0 Å². The maximum atomic E-state index is 6.26. The van der Waals surface area contributed by atoms with Gasteiger partial charge in [-0.2, -0.15) is 0 Å². The zero-order valence-corrected chi connectivity index (χ0v) is 28.4. The van der Waals surface area contributed by atoms with E-state index in [1.807, 2.05) is 0 Å². The molecule has 0 saturated heterocycles. The van der Waals surface area contributed by atoms with Crippen LogP contribution in [0.5, 0.6) is 0 Å². The minimum atomic E-state index is 0.0460. The van der Waals surface area contributed by atoms with Crippen molar-refractivity contribution in [2.45, 2.75) is 26.2 Å². The number of para-hydroxylation sites is 2. The lowest BCUT2D eigenvalue weighted by atomic mass is 9.87. The third kappa shape index (κ3) is 5.10. The smallest absolute Gasteiger partial charge is 0.227 e. The van der Waals surface area contributed by atoms with Gasteiger partial charge in [0.05, 0.1) is 11.0 Å². The van der Waals surface area contributed by atoms with E-state index < -0.39 is 0 Å². The number of aromatic nitrogens is 2. The highest BCUT2D eigenvalue weighted by atomic mass is 16.3. The largest absolute Gasteiger partial charge is 0.436 e. The average molecular weight is 645 g/mol. The quantitative estimate of drug-likeness (QED) is 0.187. The lowest BCUT2D eigenvalue weighted by Crippen LogP contribution is -2.10. The molecule has 50 heavy (non-hydrogen) atoms. The molecule has 3 nitrogen and oxygen atoms in total. The number of oxazole rings is 1. The fourth-order valence-corrected chi connectivity index (χ4v) is 7.24. The molecule has 9 aromatic rings. The number of fused-ring (bicyclic) bond motifs is 4. The first-order chi connectivity index (χ1) is 24.4. The zero-order chi connectivity index (χ0) is 33.8. The molecule has 0 fully saturated rings. The Hall–Kier alpha value is -6.19. The van der Waals surface area contributed by atoms with Crippen LogP contribution in [-0.2, 0) is 5.41 Å². The molecule has 3 heteroatoms. The number of nitrogens with zero attached hydrogens (tertiary/aromatic N) is 2. The number of rotatable bonds is 5. The fourth-order valence-electron chi connectivity index (χ4n) is 7.24. The summed E-state index contributed by atoms with van der Waals surface area (Å²) in [5.74, 6) is 0.639. The normalized spacial score (nSPS) is 11.9. The predicted octanol–water partition coefficient (Wildman–Crippen LogP) is 12.9. The summed E-state index contributed by atoms with van der Waals surface area (Å²) in [6.45, 7) is 6.64. The van der Waals surface area contributed by atoms with Crippen molar-refractivity contribution in [3.63, 3.8) is 0 Å². The molecule has 7 aromatic carbocycles. The van der Waals surface area contributed by atoms with Gasteiger partial charge in [0.1, 0.15) is 5.52 Å². The van der Waals surface area contributed by atoms with Crippen LogP contribution in [0, 0.1) is 0 Å². The third-order valence-electron chi connectivity index (χ3n) is 9.84. The summed E-state index contributed by atoms with van der Waals surface area (Å²) in [6.07, 6.45) is 0. The molecule has 0 aliphatic heterocycles. The Kier molecular flexibility index (Phi) is 7.03. The summed E-state index contributed by atoms with van der Waals surface area (Å²) >= 11 is 0. The summed E-state index contributed by atoms with van der Waals surface area (Å²) in [7, 11) is 0. The van der Waals surface area contributed by atoms with Crippen molar-refractivity contribution < 1.29 is 4.42 Å². The van der Waals surface area contributed by atoms with E-state index >= 15 is 0 Å². The van der Waals surface area contributed by atoms with E-state index in [-0.39, 0.29) is 5.41 Å². The Morgan fingerprint density at radius 3 is 1.78 bits per heavy atom. The highest BCUT2D eigenvalue weighted by Gasteiger charge is 2.18. The molecular weight excluding hydrogens is 609 g/mol. The van der Waals surface area contributed by atoms with Crippen molar-refractivity contribution in [3.8, 4) is 50.5 Å². The van der Waals surface area contributed by atoms with E-state index in [0.29, 0.717) is 5.89 Å². The van der Waals surface area contributed by atoms with Gasteiger partial charge in [-0.3, -0.25) is 0 Å². The topological polar surface area (TPSA) is 31.0 Å². The van der Waals surface area contributed by atoms with Crippen LogP contribution in [0.25, 0.3) is 83.4 Å². The molecule has 240 valence electrons. The van der Waals surface area contributed by atoms with Gasteiger partial charge >= 0.3 is 0 Å². The second-order valence-electron chi connectivity index (χ2n) is 14.0. The Morgan fingerprint density at radius 2 is 1.06 bits per heavy atom. The van der Waals surface area contributed by atoms with E-state index in [4.69, 9.17) is 9.40 Å². The van der Waals surface area contributed by atoms with Crippen molar-refractivity contribution >= 4 is 32.9 Å². The number of benzene rings is 7. The molecule has 0 bridgehead atoms. The Morgan fingerprint density at radius 1 is 0.480 bits per heavy atom. The number of hydrogen-bond donors (Lipinski definition) is 0. The van der Waals surface area contributed by atoms with Crippen LogP contribution in [0.2, 0.25) is 0 Å². The molecule has 0 aliphatic carbocycles. The van der Waals surface area contributed by atoms with E-state index in [1.165, 1.54) is 55.2 Å². The molecule has 9 rings (SSSR count). The van der Waals surface area contributed by atoms with Crippen LogP contribution in [0.4, 0.5) is 0 Å². The molecule has 2 heterocycles. The van der Waals surface area contributed by atoms with E-state index in [9.17, 15) is 0 Å². The molecule has 0 amide bonds. The molecule has 0 atom stereocenters. The van der Waals surface area contributed by atoms with Gasteiger partial charge in [-0.1, -0.05) is 130 Å². The van der Waals surface area contributed by atoms with Crippen LogP contribution in [0.1, 0.15) is 26.3 Å². The van der Waals surface area contributed by atoms with Gasteiger partial charge in [-0.15, -0.1) is 0 Å². The number of hydrogen-bond acceptors (Lipinski definition) is 2. The first-order valence-electron chi connectivity index (χ1n) is 17.2. The van der Waals surface area contributed by atoms with E-state index in [2.05, 4.69) is 189 Å². The highest BCUT2D eigenvalue weighted by molar-refractivity contribution is 6.11. The molecule has 0 radical (unpaired) electrons. The molecule has 0 N–H and O–H groups in total. The minimum absolute atomic E-state index is 0.0460. The second-order valence-corrected chi connectivity index (χ2v) is 14.0. The van der Waals surface area contributed by atoms with E-state index in [1.54, 1.807) is 0 Å². The molecular formula is C47H36N2O. The fraction of sp³-hybridized carbons (Fsp3) is 0.0851. The Balaban J connectivity index is 1.11. The Labute approximate surface area is 292 Å². The first kappa shape index (κ1) is 29.9.